The molecule has 1 saturated carbocycles. The summed E-state index contributed by atoms with van der Waals surface area (Å²) in [6, 6.07) is 0.431. The Morgan fingerprint density at radius 2 is 2.15 bits per heavy atom. The van der Waals surface area contributed by atoms with E-state index in [2.05, 4.69) is 20.9 Å². The Morgan fingerprint density at radius 1 is 1.35 bits per heavy atom. The number of aromatic nitrogens is 1. The van der Waals surface area contributed by atoms with Crippen molar-refractivity contribution in [3.8, 4) is 0 Å². The molecular weight excluding hydrogens is 280 g/mol. The summed E-state index contributed by atoms with van der Waals surface area (Å²) < 4.78 is 0. The quantitative estimate of drug-likeness (QED) is 0.531. The fourth-order valence-corrected chi connectivity index (χ4v) is 2.30. The van der Waals surface area contributed by atoms with Gasteiger partial charge in [-0.05, 0) is 25.8 Å². The lowest BCUT2D eigenvalue weighted by atomic mass is 10.4. The fourth-order valence-electron chi connectivity index (χ4n) is 1.59. The Bertz CT molecular complexity index is 473. The maximum Gasteiger partial charge on any atom is 0.355 e. The molecule has 0 saturated heterocycles. The second kappa shape index (κ2) is 7.20. The summed E-state index contributed by atoms with van der Waals surface area (Å²) in [5, 5.41) is 19.5. The average Bonchev–Trinajstić information content (AvgIpc) is 3.11. The van der Waals surface area contributed by atoms with Crippen LogP contribution < -0.4 is 16.0 Å². The van der Waals surface area contributed by atoms with Crippen LogP contribution in [0.25, 0.3) is 0 Å². The Kier molecular flexibility index (Phi) is 5.31. The molecule has 4 N–H and O–H groups in total. The van der Waals surface area contributed by atoms with Gasteiger partial charge in [0, 0.05) is 18.0 Å². The average molecular weight is 298 g/mol. The minimum atomic E-state index is -1.06. The van der Waals surface area contributed by atoms with E-state index in [1.807, 2.05) is 0 Å². The first-order valence-corrected chi connectivity index (χ1v) is 7.46. The van der Waals surface area contributed by atoms with Crippen LogP contribution in [-0.4, -0.2) is 41.2 Å². The molecule has 0 aliphatic heterocycles. The second-order valence-corrected chi connectivity index (χ2v) is 5.57. The van der Waals surface area contributed by atoms with Crippen molar-refractivity contribution in [2.45, 2.75) is 31.8 Å². The van der Waals surface area contributed by atoms with E-state index in [0.717, 1.165) is 13.0 Å². The zero-order chi connectivity index (χ0) is 14.4. The van der Waals surface area contributed by atoms with Crippen LogP contribution in [0.15, 0.2) is 5.38 Å². The van der Waals surface area contributed by atoms with E-state index >= 15 is 0 Å². The smallest absolute Gasteiger partial charge is 0.355 e. The van der Waals surface area contributed by atoms with Gasteiger partial charge in [-0.2, -0.15) is 0 Å². The van der Waals surface area contributed by atoms with Gasteiger partial charge in [0.05, 0.1) is 6.54 Å². The highest BCUT2D eigenvalue weighted by Crippen LogP contribution is 2.18. The molecule has 110 valence electrons. The zero-order valence-electron chi connectivity index (χ0n) is 11.0. The summed E-state index contributed by atoms with van der Waals surface area (Å²) in [5.74, 6) is -1.06. The van der Waals surface area contributed by atoms with Crippen molar-refractivity contribution in [3.63, 3.8) is 0 Å². The first-order valence-electron chi connectivity index (χ1n) is 6.58. The topological polar surface area (TPSA) is 103 Å². The highest BCUT2D eigenvalue weighted by molar-refractivity contribution is 7.09. The molecule has 2 amide bonds. The number of amides is 2. The summed E-state index contributed by atoms with van der Waals surface area (Å²) in [6.45, 7) is 1.77. The third-order valence-electron chi connectivity index (χ3n) is 2.82. The molecule has 0 radical (unpaired) electrons. The molecule has 1 aliphatic rings. The highest BCUT2D eigenvalue weighted by atomic mass is 32.1. The molecule has 1 aromatic heterocycles. The van der Waals surface area contributed by atoms with E-state index < -0.39 is 5.97 Å². The van der Waals surface area contributed by atoms with Gasteiger partial charge in [0.2, 0.25) is 0 Å². The Morgan fingerprint density at radius 3 is 2.80 bits per heavy atom. The van der Waals surface area contributed by atoms with Crippen molar-refractivity contribution in [2.24, 2.45) is 0 Å². The number of aromatic carboxylic acids is 1. The van der Waals surface area contributed by atoms with Crippen LogP contribution in [0, 0.1) is 0 Å². The monoisotopic (exact) mass is 298 g/mol. The van der Waals surface area contributed by atoms with Gasteiger partial charge in [-0.3, -0.25) is 0 Å². The lowest BCUT2D eigenvalue weighted by molar-refractivity contribution is 0.0691. The summed E-state index contributed by atoms with van der Waals surface area (Å²) in [7, 11) is 0. The van der Waals surface area contributed by atoms with Crippen LogP contribution in [0.1, 0.15) is 34.8 Å². The number of nitrogens with zero attached hydrogens (tertiary/aromatic N) is 1. The third-order valence-corrected chi connectivity index (χ3v) is 3.67. The number of carbonyl (C=O) groups is 2. The van der Waals surface area contributed by atoms with Crippen LogP contribution in [0.4, 0.5) is 4.79 Å². The molecule has 0 aromatic carbocycles. The molecule has 8 heteroatoms. The van der Waals surface area contributed by atoms with Crippen LogP contribution in [0.5, 0.6) is 0 Å². The van der Waals surface area contributed by atoms with Crippen molar-refractivity contribution >= 4 is 23.3 Å². The number of hydrogen-bond acceptors (Lipinski definition) is 5. The number of carboxylic acids is 1. The van der Waals surface area contributed by atoms with Crippen LogP contribution in [0.2, 0.25) is 0 Å². The molecule has 7 nitrogen and oxygen atoms in total. The van der Waals surface area contributed by atoms with Gasteiger partial charge in [-0.1, -0.05) is 0 Å². The summed E-state index contributed by atoms with van der Waals surface area (Å²) >= 11 is 1.22. The molecule has 0 bridgehead atoms. The number of urea groups is 1. The SMILES string of the molecule is O=C(NCCCNC1CC1)NCc1nc(C(=O)O)cs1. The lowest BCUT2D eigenvalue weighted by Crippen LogP contribution is -2.36. The molecule has 1 aliphatic carbocycles. The molecule has 0 unspecified atom stereocenters. The number of carbonyl (C=O) groups excluding carboxylic acids is 1. The van der Waals surface area contributed by atoms with Crippen molar-refractivity contribution in [1.82, 2.24) is 20.9 Å². The lowest BCUT2D eigenvalue weighted by Gasteiger charge is -2.06. The minimum Gasteiger partial charge on any atom is -0.476 e. The van der Waals surface area contributed by atoms with E-state index in [-0.39, 0.29) is 18.3 Å². The predicted molar refractivity (Wildman–Crippen MR) is 75.0 cm³/mol. The molecule has 2 rings (SSSR count). The fraction of sp³-hybridized carbons (Fsp3) is 0.583. The molecule has 1 aromatic rings. The Balaban J connectivity index is 1.55. The van der Waals surface area contributed by atoms with Gasteiger partial charge in [0.25, 0.3) is 0 Å². The summed E-state index contributed by atoms with van der Waals surface area (Å²) in [4.78, 5) is 26.0. The van der Waals surface area contributed by atoms with Gasteiger partial charge >= 0.3 is 12.0 Å². The normalized spacial score (nSPS) is 14.0. The van der Waals surface area contributed by atoms with Crippen molar-refractivity contribution in [2.75, 3.05) is 13.1 Å². The maximum atomic E-state index is 11.5. The van der Waals surface area contributed by atoms with Gasteiger partial charge in [-0.25, -0.2) is 14.6 Å². The number of hydrogen-bond donors (Lipinski definition) is 4. The van der Waals surface area contributed by atoms with Crippen LogP contribution >= 0.6 is 11.3 Å². The number of nitrogens with one attached hydrogen (secondary N) is 3. The van der Waals surface area contributed by atoms with E-state index in [0.29, 0.717) is 17.6 Å². The van der Waals surface area contributed by atoms with Crippen molar-refractivity contribution < 1.29 is 14.7 Å². The molecule has 0 atom stereocenters. The number of thiazole rings is 1. The third kappa shape index (κ3) is 5.14. The van der Waals surface area contributed by atoms with E-state index in [1.165, 1.54) is 29.6 Å². The van der Waals surface area contributed by atoms with E-state index in [4.69, 9.17) is 5.11 Å². The molecule has 1 heterocycles. The van der Waals surface area contributed by atoms with Crippen molar-refractivity contribution in [3.05, 3.63) is 16.1 Å². The zero-order valence-corrected chi connectivity index (χ0v) is 11.8. The molecular formula is C12H18N4O3S. The van der Waals surface area contributed by atoms with E-state index in [9.17, 15) is 9.59 Å². The van der Waals surface area contributed by atoms with Crippen LogP contribution in [-0.2, 0) is 6.54 Å². The largest absolute Gasteiger partial charge is 0.476 e. The van der Waals surface area contributed by atoms with E-state index in [1.54, 1.807) is 0 Å². The Labute approximate surface area is 120 Å². The second-order valence-electron chi connectivity index (χ2n) is 4.62. The highest BCUT2D eigenvalue weighted by Gasteiger charge is 2.19. The minimum absolute atomic E-state index is 0.0124. The molecule has 1 fully saturated rings. The molecule has 0 spiro atoms. The van der Waals surface area contributed by atoms with Crippen molar-refractivity contribution in [1.29, 1.82) is 0 Å². The summed E-state index contributed by atoms with van der Waals surface area (Å²) in [5.41, 5.74) is 0.0124. The standard InChI is InChI=1S/C12H18N4O3S/c17-11(18)9-7-20-10(16-9)6-15-12(19)14-5-1-4-13-8-2-3-8/h7-8,13H,1-6H2,(H,17,18)(H2,14,15,19). The number of carboxylic acid groups (broad SMARTS) is 1. The van der Waals surface area contributed by atoms with Gasteiger partial charge in [-0.15, -0.1) is 11.3 Å². The first-order chi connectivity index (χ1) is 9.65. The summed E-state index contributed by atoms with van der Waals surface area (Å²) in [6.07, 6.45) is 3.42. The van der Waals surface area contributed by atoms with Gasteiger partial charge in [0.1, 0.15) is 5.01 Å². The van der Waals surface area contributed by atoms with Gasteiger partial charge < -0.3 is 21.1 Å². The Hall–Kier alpha value is -1.67. The molecule has 20 heavy (non-hydrogen) atoms. The van der Waals surface area contributed by atoms with Crippen LogP contribution in [0.3, 0.4) is 0 Å². The predicted octanol–water partition coefficient (Wildman–Crippen LogP) is 0.783. The van der Waals surface area contributed by atoms with Gasteiger partial charge in [0.15, 0.2) is 5.69 Å². The number of rotatable bonds is 8. The maximum absolute atomic E-state index is 11.5. The first kappa shape index (κ1) is 14.7.